The minimum absolute atomic E-state index is 0.394. The van der Waals surface area contributed by atoms with E-state index in [1.54, 1.807) is 6.26 Å². The SMILES string of the molecule is CCCC[C@H](NC(=O)NCCCS(C)=O)C(=O)O. The fourth-order valence-corrected chi connectivity index (χ4v) is 1.90. The molecule has 0 spiro atoms. The lowest BCUT2D eigenvalue weighted by atomic mass is 10.1. The van der Waals surface area contributed by atoms with Crippen LogP contribution in [-0.2, 0) is 15.6 Å². The van der Waals surface area contributed by atoms with Crippen LogP contribution in [0.1, 0.15) is 32.6 Å². The molecule has 0 heterocycles. The summed E-state index contributed by atoms with van der Waals surface area (Å²) in [5.41, 5.74) is 0. The summed E-state index contributed by atoms with van der Waals surface area (Å²) in [5, 5.41) is 13.9. The highest BCUT2D eigenvalue weighted by Gasteiger charge is 2.18. The molecular weight excluding hydrogens is 256 g/mol. The summed E-state index contributed by atoms with van der Waals surface area (Å²) in [4.78, 5) is 22.3. The molecule has 0 aliphatic rings. The van der Waals surface area contributed by atoms with Crippen molar-refractivity contribution in [3.05, 3.63) is 0 Å². The Hall–Kier alpha value is -1.11. The van der Waals surface area contributed by atoms with Crippen LogP contribution in [0.5, 0.6) is 0 Å². The van der Waals surface area contributed by atoms with Crippen LogP contribution in [0.4, 0.5) is 4.79 Å². The molecule has 0 aromatic rings. The Bertz CT molecular complexity index is 297. The van der Waals surface area contributed by atoms with E-state index in [1.165, 1.54) is 0 Å². The maximum absolute atomic E-state index is 11.4. The van der Waals surface area contributed by atoms with E-state index in [4.69, 9.17) is 5.11 Å². The Morgan fingerprint density at radius 3 is 2.50 bits per heavy atom. The van der Waals surface area contributed by atoms with E-state index in [0.29, 0.717) is 25.1 Å². The zero-order valence-electron chi connectivity index (χ0n) is 10.9. The lowest BCUT2D eigenvalue weighted by Crippen LogP contribution is -2.46. The van der Waals surface area contributed by atoms with Gasteiger partial charge < -0.3 is 15.7 Å². The molecule has 2 amide bonds. The Balaban J connectivity index is 3.87. The van der Waals surface area contributed by atoms with Crippen LogP contribution in [0.25, 0.3) is 0 Å². The van der Waals surface area contributed by atoms with Gasteiger partial charge in [-0.25, -0.2) is 9.59 Å². The first-order valence-electron chi connectivity index (χ1n) is 6.04. The van der Waals surface area contributed by atoms with Crippen molar-refractivity contribution >= 4 is 22.8 Å². The Morgan fingerprint density at radius 1 is 1.33 bits per heavy atom. The van der Waals surface area contributed by atoms with Crippen LogP contribution in [0.2, 0.25) is 0 Å². The van der Waals surface area contributed by atoms with Crippen LogP contribution < -0.4 is 10.6 Å². The standard InChI is InChI=1S/C11H22N2O4S/c1-3-4-6-9(10(14)15)13-11(16)12-7-5-8-18(2)17/h9H,3-8H2,1-2H3,(H,14,15)(H2,12,13,16)/t9-,18?/m0/s1. The minimum atomic E-state index is -1.02. The fourth-order valence-electron chi connectivity index (χ4n) is 1.35. The van der Waals surface area contributed by atoms with Gasteiger partial charge in [-0.1, -0.05) is 19.8 Å². The highest BCUT2D eigenvalue weighted by atomic mass is 32.2. The molecule has 0 saturated carbocycles. The number of hydrogen-bond donors (Lipinski definition) is 3. The Kier molecular flexibility index (Phi) is 9.26. The quantitative estimate of drug-likeness (QED) is 0.541. The number of rotatable bonds is 9. The van der Waals surface area contributed by atoms with Crippen molar-refractivity contribution in [2.75, 3.05) is 18.6 Å². The van der Waals surface area contributed by atoms with Gasteiger partial charge in [-0.2, -0.15) is 0 Å². The summed E-state index contributed by atoms with van der Waals surface area (Å²) >= 11 is 0. The van der Waals surface area contributed by atoms with Crippen molar-refractivity contribution in [1.29, 1.82) is 0 Å². The van der Waals surface area contributed by atoms with Crippen LogP contribution in [-0.4, -0.2) is 45.9 Å². The number of carbonyl (C=O) groups is 2. The summed E-state index contributed by atoms with van der Waals surface area (Å²) in [6, 6.07) is -1.33. The molecule has 2 atom stereocenters. The molecular formula is C11H22N2O4S. The van der Waals surface area contributed by atoms with E-state index in [0.717, 1.165) is 12.8 Å². The maximum atomic E-state index is 11.4. The molecule has 1 unspecified atom stereocenters. The van der Waals surface area contributed by atoms with Gasteiger partial charge in [0, 0.05) is 29.4 Å². The van der Waals surface area contributed by atoms with E-state index in [9.17, 15) is 13.8 Å². The Labute approximate surface area is 110 Å². The second-order valence-corrected chi connectivity index (χ2v) is 5.62. The van der Waals surface area contributed by atoms with Gasteiger partial charge in [-0.15, -0.1) is 0 Å². The normalized spacial score (nSPS) is 13.7. The zero-order chi connectivity index (χ0) is 14.0. The number of nitrogens with one attached hydrogen (secondary N) is 2. The van der Waals surface area contributed by atoms with Gasteiger partial charge >= 0.3 is 12.0 Å². The van der Waals surface area contributed by atoms with Gasteiger partial charge in [0.1, 0.15) is 6.04 Å². The third-order valence-corrected chi connectivity index (χ3v) is 3.21. The van der Waals surface area contributed by atoms with Crippen molar-refractivity contribution in [1.82, 2.24) is 10.6 Å². The lowest BCUT2D eigenvalue weighted by molar-refractivity contribution is -0.139. The molecule has 0 rings (SSSR count). The van der Waals surface area contributed by atoms with Gasteiger partial charge in [0.25, 0.3) is 0 Å². The zero-order valence-corrected chi connectivity index (χ0v) is 11.7. The first kappa shape index (κ1) is 16.9. The molecule has 0 aromatic heterocycles. The van der Waals surface area contributed by atoms with E-state index >= 15 is 0 Å². The lowest BCUT2D eigenvalue weighted by Gasteiger charge is -2.14. The predicted molar refractivity (Wildman–Crippen MR) is 71.0 cm³/mol. The largest absolute Gasteiger partial charge is 0.480 e. The fraction of sp³-hybridized carbons (Fsp3) is 0.818. The number of amides is 2. The van der Waals surface area contributed by atoms with Gasteiger partial charge in [0.05, 0.1) is 0 Å². The number of urea groups is 1. The number of unbranched alkanes of at least 4 members (excludes halogenated alkanes) is 1. The van der Waals surface area contributed by atoms with Crippen molar-refractivity contribution < 1.29 is 18.9 Å². The molecule has 3 N–H and O–H groups in total. The van der Waals surface area contributed by atoms with E-state index in [1.807, 2.05) is 6.92 Å². The average Bonchev–Trinajstić information content (AvgIpc) is 2.29. The number of aliphatic carboxylic acids is 1. The highest BCUT2D eigenvalue weighted by Crippen LogP contribution is 2.00. The van der Waals surface area contributed by atoms with E-state index in [-0.39, 0.29) is 0 Å². The van der Waals surface area contributed by atoms with Crippen molar-refractivity contribution in [3.8, 4) is 0 Å². The smallest absolute Gasteiger partial charge is 0.326 e. The number of carboxylic acids is 1. The maximum Gasteiger partial charge on any atom is 0.326 e. The Morgan fingerprint density at radius 2 is 2.00 bits per heavy atom. The van der Waals surface area contributed by atoms with Gasteiger partial charge in [0.2, 0.25) is 0 Å². The first-order valence-corrected chi connectivity index (χ1v) is 7.77. The van der Waals surface area contributed by atoms with Crippen LogP contribution in [0.15, 0.2) is 0 Å². The van der Waals surface area contributed by atoms with Crippen LogP contribution in [0, 0.1) is 0 Å². The van der Waals surface area contributed by atoms with Crippen molar-refractivity contribution in [2.45, 2.75) is 38.6 Å². The summed E-state index contributed by atoms with van der Waals surface area (Å²) < 4.78 is 10.8. The molecule has 0 saturated heterocycles. The number of carbonyl (C=O) groups excluding carboxylic acids is 1. The predicted octanol–water partition coefficient (Wildman–Crippen LogP) is 0.698. The van der Waals surface area contributed by atoms with Crippen LogP contribution >= 0.6 is 0 Å². The van der Waals surface area contributed by atoms with Crippen LogP contribution in [0.3, 0.4) is 0 Å². The second-order valence-electron chi connectivity index (χ2n) is 4.06. The number of carboxylic acid groups (broad SMARTS) is 1. The molecule has 6 nitrogen and oxygen atoms in total. The van der Waals surface area contributed by atoms with E-state index in [2.05, 4.69) is 10.6 Å². The molecule has 106 valence electrons. The van der Waals surface area contributed by atoms with Gasteiger partial charge in [0.15, 0.2) is 0 Å². The van der Waals surface area contributed by atoms with Gasteiger partial charge in [-0.05, 0) is 12.8 Å². The molecule has 7 heteroatoms. The van der Waals surface area contributed by atoms with Gasteiger partial charge in [-0.3, -0.25) is 4.21 Å². The third-order valence-electron chi connectivity index (χ3n) is 2.34. The summed E-state index contributed by atoms with van der Waals surface area (Å²) in [5.74, 6) is -0.494. The summed E-state index contributed by atoms with van der Waals surface area (Å²) in [7, 11) is -0.868. The molecule has 0 aromatic carbocycles. The summed E-state index contributed by atoms with van der Waals surface area (Å²) in [6.45, 7) is 2.36. The van der Waals surface area contributed by atoms with Crippen molar-refractivity contribution in [3.63, 3.8) is 0 Å². The second kappa shape index (κ2) is 9.87. The minimum Gasteiger partial charge on any atom is -0.480 e. The topological polar surface area (TPSA) is 95.5 Å². The molecule has 0 aliphatic heterocycles. The number of hydrogen-bond acceptors (Lipinski definition) is 3. The average molecular weight is 278 g/mol. The monoisotopic (exact) mass is 278 g/mol. The molecule has 0 radical (unpaired) electrons. The molecule has 0 fully saturated rings. The van der Waals surface area contributed by atoms with Crippen molar-refractivity contribution in [2.24, 2.45) is 0 Å². The first-order chi connectivity index (χ1) is 8.47. The molecule has 0 aliphatic carbocycles. The third kappa shape index (κ3) is 8.98. The highest BCUT2D eigenvalue weighted by molar-refractivity contribution is 7.84. The molecule has 18 heavy (non-hydrogen) atoms. The summed E-state index contributed by atoms with van der Waals surface area (Å²) in [6.07, 6.45) is 4.29. The van der Waals surface area contributed by atoms with E-state index < -0.39 is 28.8 Å². The molecule has 0 bridgehead atoms.